The molecule has 0 radical (unpaired) electrons. The number of nitrogens with one attached hydrogen (secondary N) is 1. The van der Waals surface area contributed by atoms with Crippen molar-refractivity contribution in [1.82, 2.24) is 14.9 Å². The zero-order chi connectivity index (χ0) is 26.2. The molecule has 4 heterocycles. The minimum Gasteiger partial charge on any atom is -0.481 e. The first-order chi connectivity index (χ1) is 18.0. The SMILES string of the molecule is CCOC(=O)CC(CCCN1C(=O)[C@@H](CCc2ccc3c(n2)NCCC3)CC1C)c1ccc(OC)nc1. The van der Waals surface area contributed by atoms with Crippen LogP contribution in [0.3, 0.4) is 0 Å². The van der Waals surface area contributed by atoms with Crippen LogP contribution < -0.4 is 10.1 Å². The van der Waals surface area contributed by atoms with E-state index in [2.05, 4.69) is 29.4 Å². The highest BCUT2D eigenvalue weighted by Crippen LogP contribution is 2.31. The number of ether oxygens (including phenoxy) is 2. The maximum Gasteiger partial charge on any atom is 0.306 e. The molecule has 0 aliphatic carbocycles. The van der Waals surface area contributed by atoms with Crippen molar-refractivity contribution < 1.29 is 19.1 Å². The third kappa shape index (κ3) is 6.99. The summed E-state index contributed by atoms with van der Waals surface area (Å²) in [6, 6.07) is 8.30. The minimum absolute atomic E-state index is 0.00930. The van der Waals surface area contributed by atoms with Gasteiger partial charge in [0, 0.05) is 43.0 Å². The predicted octanol–water partition coefficient (Wildman–Crippen LogP) is 4.53. The molecule has 1 N–H and O–H groups in total. The van der Waals surface area contributed by atoms with Gasteiger partial charge in [-0.15, -0.1) is 0 Å². The van der Waals surface area contributed by atoms with E-state index in [-0.39, 0.29) is 29.8 Å². The van der Waals surface area contributed by atoms with E-state index in [4.69, 9.17) is 14.5 Å². The Labute approximate surface area is 220 Å². The maximum atomic E-state index is 13.2. The maximum absolute atomic E-state index is 13.2. The number of aryl methyl sites for hydroxylation is 2. The molecule has 200 valence electrons. The van der Waals surface area contributed by atoms with Gasteiger partial charge >= 0.3 is 5.97 Å². The van der Waals surface area contributed by atoms with E-state index in [0.717, 1.165) is 68.6 Å². The number of rotatable bonds is 12. The van der Waals surface area contributed by atoms with Crippen LogP contribution in [0.5, 0.6) is 5.88 Å². The smallest absolute Gasteiger partial charge is 0.306 e. The topological polar surface area (TPSA) is 93.7 Å². The van der Waals surface area contributed by atoms with Crippen LogP contribution in [0.25, 0.3) is 0 Å². The third-order valence-corrected chi connectivity index (χ3v) is 7.60. The van der Waals surface area contributed by atoms with Gasteiger partial charge in [0.05, 0.1) is 20.1 Å². The first kappa shape index (κ1) is 26.9. The van der Waals surface area contributed by atoms with Crippen molar-refractivity contribution in [3.63, 3.8) is 0 Å². The first-order valence-electron chi connectivity index (χ1n) is 13.7. The number of fused-ring (bicyclic) bond motifs is 1. The van der Waals surface area contributed by atoms with Crippen LogP contribution in [0.15, 0.2) is 30.5 Å². The molecule has 2 unspecified atom stereocenters. The Hall–Kier alpha value is -3.16. The molecule has 0 bridgehead atoms. The monoisotopic (exact) mass is 508 g/mol. The molecule has 1 saturated heterocycles. The number of pyridine rings is 2. The fraction of sp³-hybridized carbons (Fsp3) is 0.586. The lowest BCUT2D eigenvalue weighted by Gasteiger charge is -2.23. The first-order valence-corrected chi connectivity index (χ1v) is 13.7. The molecule has 2 aromatic rings. The number of hydrogen-bond acceptors (Lipinski definition) is 7. The zero-order valence-corrected chi connectivity index (χ0v) is 22.4. The lowest BCUT2D eigenvalue weighted by Crippen LogP contribution is -2.33. The van der Waals surface area contributed by atoms with E-state index in [1.165, 1.54) is 5.56 Å². The highest BCUT2D eigenvalue weighted by Gasteiger charge is 2.36. The molecule has 1 fully saturated rings. The predicted molar refractivity (Wildman–Crippen MR) is 143 cm³/mol. The van der Waals surface area contributed by atoms with Gasteiger partial charge in [0.1, 0.15) is 5.82 Å². The summed E-state index contributed by atoms with van der Waals surface area (Å²) in [6.45, 7) is 6.00. The number of nitrogens with zero attached hydrogens (tertiary/aromatic N) is 3. The Morgan fingerprint density at radius 2 is 2.14 bits per heavy atom. The Balaban J connectivity index is 1.30. The average molecular weight is 509 g/mol. The van der Waals surface area contributed by atoms with Gasteiger partial charge in [0.15, 0.2) is 0 Å². The number of hydrogen-bond donors (Lipinski definition) is 1. The number of amides is 1. The second kappa shape index (κ2) is 12.9. The molecule has 2 aromatic heterocycles. The van der Waals surface area contributed by atoms with Crippen molar-refractivity contribution in [3.8, 4) is 5.88 Å². The van der Waals surface area contributed by atoms with Gasteiger partial charge in [0.25, 0.3) is 0 Å². The molecule has 3 atom stereocenters. The number of aromatic nitrogens is 2. The van der Waals surface area contributed by atoms with E-state index in [9.17, 15) is 9.59 Å². The molecule has 0 aromatic carbocycles. The van der Waals surface area contributed by atoms with Crippen LogP contribution in [-0.2, 0) is 27.2 Å². The van der Waals surface area contributed by atoms with Crippen LogP contribution in [0.1, 0.15) is 75.1 Å². The summed E-state index contributed by atoms with van der Waals surface area (Å²) in [6.07, 6.45) is 8.43. The lowest BCUT2D eigenvalue weighted by atomic mass is 9.92. The lowest BCUT2D eigenvalue weighted by molar-refractivity contribution is -0.143. The van der Waals surface area contributed by atoms with Gasteiger partial charge in [0.2, 0.25) is 11.8 Å². The third-order valence-electron chi connectivity index (χ3n) is 7.60. The Kier molecular flexibility index (Phi) is 9.36. The van der Waals surface area contributed by atoms with Crippen molar-refractivity contribution in [3.05, 3.63) is 47.3 Å². The number of carbonyl (C=O) groups excluding carboxylic acids is 2. The van der Waals surface area contributed by atoms with E-state index in [1.807, 2.05) is 24.0 Å². The summed E-state index contributed by atoms with van der Waals surface area (Å²) in [7, 11) is 1.58. The molecule has 37 heavy (non-hydrogen) atoms. The number of likely N-dealkylation sites (tertiary alicyclic amines) is 1. The van der Waals surface area contributed by atoms with Gasteiger partial charge < -0.3 is 19.7 Å². The van der Waals surface area contributed by atoms with Gasteiger partial charge in [-0.2, -0.15) is 0 Å². The molecule has 8 heteroatoms. The fourth-order valence-electron chi connectivity index (χ4n) is 5.56. The Bertz CT molecular complexity index is 1060. The second-order valence-electron chi connectivity index (χ2n) is 10.2. The van der Waals surface area contributed by atoms with Gasteiger partial charge in [-0.1, -0.05) is 12.1 Å². The summed E-state index contributed by atoms with van der Waals surface area (Å²) in [5, 5.41) is 3.40. The average Bonchev–Trinajstić information content (AvgIpc) is 3.19. The van der Waals surface area contributed by atoms with Crippen LogP contribution in [0.2, 0.25) is 0 Å². The zero-order valence-electron chi connectivity index (χ0n) is 22.4. The molecule has 2 aliphatic heterocycles. The van der Waals surface area contributed by atoms with Crippen LogP contribution >= 0.6 is 0 Å². The Morgan fingerprint density at radius 3 is 2.89 bits per heavy atom. The highest BCUT2D eigenvalue weighted by atomic mass is 16.5. The van der Waals surface area contributed by atoms with E-state index in [1.54, 1.807) is 13.3 Å². The highest BCUT2D eigenvalue weighted by molar-refractivity contribution is 5.81. The number of anilines is 1. The summed E-state index contributed by atoms with van der Waals surface area (Å²) in [5.74, 6) is 1.63. The van der Waals surface area contributed by atoms with Gasteiger partial charge in [-0.3, -0.25) is 9.59 Å². The van der Waals surface area contributed by atoms with Crippen molar-refractivity contribution in [2.75, 3.05) is 32.1 Å². The molecule has 4 rings (SSSR count). The van der Waals surface area contributed by atoms with Crippen LogP contribution in [0, 0.1) is 5.92 Å². The van der Waals surface area contributed by atoms with Crippen molar-refractivity contribution in [1.29, 1.82) is 0 Å². The Morgan fingerprint density at radius 1 is 1.27 bits per heavy atom. The van der Waals surface area contributed by atoms with E-state index < -0.39 is 0 Å². The van der Waals surface area contributed by atoms with E-state index >= 15 is 0 Å². The molecule has 1 amide bonds. The minimum atomic E-state index is -0.208. The molecular weight excluding hydrogens is 468 g/mol. The molecule has 0 spiro atoms. The number of carbonyl (C=O) groups is 2. The van der Waals surface area contributed by atoms with Crippen molar-refractivity contribution >= 4 is 17.7 Å². The molecule has 2 aliphatic rings. The van der Waals surface area contributed by atoms with Gasteiger partial charge in [-0.25, -0.2) is 9.97 Å². The fourth-order valence-corrected chi connectivity index (χ4v) is 5.56. The van der Waals surface area contributed by atoms with Gasteiger partial charge in [-0.05, 0) is 81.9 Å². The normalized spacial score (nSPS) is 19.8. The molecule has 0 saturated carbocycles. The van der Waals surface area contributed by atoms with Crippen LogP contribution in [0.4, 0.5) is 5.82 Å². The van der Waals surface area contributed by atoms with Crippen molar-refractivity contribution in [2.24, 2.45) is 5.92 Å². The summed E-state index contributed by atoms with van der Waals surface area (Å²) in [5.41, 5.74) is 3.33. The second-order valence-corrected chi connectivity index (χ2v) is 10.2. The quantitative estimate of drug-likeness (QED) is 0.421. The standard InChI is InChI=1S/C29H40N4O4/c1-4-37-27(34)18-22(24-11-14-26(36-3)31-19-24)8-6-16-33-20(2)17-23(29(33)35)10-13-25-12-9-21-7-5-15-30-28(21)32-25/h9,11-12,14,19-20,22-23H,4-8,10,13,15-18H2,1-3H3,(H,30,32)/t20?,22?,23-/m0/s1. The summed E-state index contributed by atoms with van der Waals surface area (Å²) < 4.78 is 10.4. The van der Waals surface area contributed by atoms with E-state index in [0.29, 0.717) is 25.5 Å². The largest absolute Gasteiger partial charge is 0.481 e. The molecular formula is C29H40N4O4. The van der Waals surface area contributed by atoms with Crippen LogP contribution in [-0.4, -0.2) is 59.6 Å². The summed E-state index contributed by atoms with van der Waals surface area (Å²) in [4.78, 5) is 36.6. The van der Waals surface area contributed by atoms with Crippen molar-refractivity contribution in [2.45, 2.75) is 77.2 Å². The molecule has 8 nitrogen and oxygen atoms in total. The summed E-state index contributed by atoms with van der Waals surface area (Å²) >= 11 is 0. The number of esters is 1. The number of methoxy groups -OCH3 is 1.